The lowest BCUT2D eigenvalue weighted by molar-refractivity contribution is -0.146. The van der Waals surface area contributed by atoms with Gasteiger partial charge in [0.05, 0.1) is 17.2 Å². The maximum atomic E-state index is 12.9. The summed E-state index contributed by atoms with van der Waals surface area (Å²) in [5, 5.41) is 0. The summed E-state index contributed by atoms with van der Waals surface area (Å²) >= 11 is 0. The van der Waals surface area contributed by atoms with Gasteiger partial charge < -0.3 is 4.74 Å². The van der Waals surface area contributed by atoms with Gasteiger partial charge in [-0.25, -0.2) is 4.79 Å². The number of hydrogen-bond donors (Lipinski definition) is 0. The number of benzene rings is 2. The Kier molecular flexibility index (Phi) is 4.13. The standard InChI is InChI=1S/C21H17NO4/c23-19-12-6-11-18(26-19)17(13-14-7-2-1-3-8-14)22-20(24)15-9-4-5-10-16(15)21(22)25/h1-10,12,17-18H,11,13H2/t17-,18?/m0/s1. The first kappa shape index (κ1) is 16.3. The molecule has 0 radical (unpaired) electrons. The molecule has 26 heavy (non-hydrogen) atoms. The van der Waals surface area contributed by atoms with E-state index < -0.39 is 18.1 Å². The summed E-state index contributed by atoms with van der Waals surface area (Å²) in [5.41, 5.74) is 1.76. The summed E-state index contributed by atoms with van der Waals surface area (Å²) in [6.45, 7) is 0. The number of cyclic esters (lactones) is 1. The van der Waals surface area contributed by atoms with E-state index in [4.69, 9.17) is 4.74 Å². The smallest absolute Gasteiger partial charge is 0.330 e. The molecule has 0 saturated heterocycles. The molecular weight excluding hydrogens is 330 g/mol. The largest absolute Gasteiger partial charge is 0.457 e. The number of carbonyl (C=O) groups is 3. The van der Waals surface area contributed by atoms with E-state index in [1.165, 1.54) is 11.0 Å². The van der Waals surface area contributed by atoms with Crippen molar-refractivity contribution < 1.29 is 19.1 Å². The Bertz CT molecular complexity index is 868. The van der Waals surface area contributed by atoms with Crippen molar-refractivity contribution >= 4 is 17.8 Å². The van der Waals surface area contributed by atoms with Crippen LogP contribution in [-0.2, 0) is 16.0 Å². The van der Waals surface area contributed by atoms with Crippen molar-refractivity contribution in [2.45, 2.75) is 25.0 Å². The molecule has 130 valence electrons. The van der Waals surface area contributed by atoms with E-state index in [-0.39, 0.29) is 11.8 Å². The number of amides is 2. The zero-order valence-electron chi connectivity index (χ0n) is 14.0. The summed E-state index contributed by atoms with van der Waals surface area (Å²) in [6.07, 6.45) is 3.44. The second kappa shape index (κ2) is 6.59. The van der Waals surface area contributed by atoms with E-state index in [0.29, 0.717) is 24.0 Å². The predicted octanol–water partition coefficient (Wildman–Crippen LogP) is 2.77. The summed E-state index contributed by atoms with van der Waals surface area (Å²) in [5.74, 6) is -1.12. The number of carbonyl (C=O) groups excluding carboxylic acids is 3. The number of hydrogen-bond acceptors (Lipinski definition) is 4. The van der Waals surface area contributed by atoms with Crippen LogP contribution in [0.1, 0.15) is 32.7 Å². The molecule has 5 heteroatoms. The maximum Gasteiger partial charge on any atom is 0.330 e. The van der Waals surface area contributed by atoms with Crippen LogP contribution in [0.15, 0.2) is 66.7 Å². The average molecular weight is 347 g/mol. The van der Waals surface area contributed by atoms with E-state index in [1.807, 2.05) is 30.3 Å². The van der Waals surface area contributed by atoms with Gasteiger partial charge in [0.25, 0.3) is 11.8 Å². The molecule has 5 nitrogen and oxygen atoms in total. The Morgan fingerprint density at radius 3 is 2.15 bits per heavy atom. The summed E-state index contributed by atoms with van der Waals surface area (Å²) in [4.78, 5) is 38.8. The van der Waals surface area contributed by atoms with Crippen LogP contribution in [0, 0.1) is 0 Å². The van der Waals surface area contributed by atoms with Gasteiger partial charge in [0.1, 0.15) is 6.10 Å². The van der Waals surface area contributed by atoms with Gasteiger partial charge in [-0.3, -0.25) is 14.5 Å². The van der Waals surface area contributed by atoms with Crippen LogP contribution in [0.2, 0.25) is 0 Å². The van der Waals surface area contributed by atoms with E-state index in [0.717, 1.165) is 5.56 Å². The van der Waals surface area contributed by atoms with Gasteiger partial charge in [0.2, 0.25) is 0 Å². The molecule has 2 aliphatic rings. The Morgan fingerprint density at radius 2 is 1.54 bits per heavy atom. The number of ether oxygens (including phenoxy) is 1. The van der Waals surface area contributed by atoms with E-state index in [9.17, 15) is 14.4 Å². The van der Waals surface area contributed by atoms with Crippen LogP contribution < -0.4 is 0 Å². The second-order valence-electron chi connectivity index (χ2n) is 6.40. The maximum absolute atomic E-state index is 12.9. The van der Waals surface area contributed by atoms with Crippen LogP contribution in [0.4, 0.5) is 0 Å². The van der Waals surface area contributed by atoms with Crippen molar-refractivity contribution in [2.75, 3.05) is 0 Å². The quantitative estimate of drug-likeness (QED) is 0.630. The molecule has 0 fully saturated rings. The first-order valence-corrected chi connectivity index (χ1v) is 8.53. The van der Waals surface area contributed by atoms with Gasteiger partial charge in [0, 0.05) is 12.5 Å². The normalized spacial score (nSPS) is 20.1. The van der Waals surface area contributed by atoms with E-state index in [1.54, 1.807) is 30.3 Å². The van der Waals surface area contributed by atoms with Gasteiger partial charge in [-0.15, -0.1) is 0 Å². The summed E-state index contributed by atoms with van der Waals surface area (Å²) in [7, 11) is 0. The number of imide groups is 1. The lowest BCUT2D eigenvalue weighted by atomic mass is 9.96. The Morgan fingerprint density at radius 1 is 0.923 bits per heavy atom. The minimum atomic E-state index is -0.560. The van der Waals surface area contributed by atoms with E-state index >= 15 is 0 Å². The van der Waals surface area contributed by atoms with Crippen molar-refractivity contribution in [3.05, 3.63) is 83.4 Å². The molecule has 2 atom stereocenters. The van der Waals surface area contributed by atoms with Gasteiger partial charge in [-0.05, 0) is 24.1 Å². The third kappa shape index (κ3) is 2.81. The SMILES string of the molecule is O=C1C=CCC([C@H](Cc2ccccc2)N2C(=O)c3ccccc3C2=O)O1. The highest BCUT2D eigenvalue weighted by molar-refractivity contribution is 6.21. The zero-order valence-corrected chi connectivity index (χ0v) is 14.0. The molecule has 2 aliphatic heterocycles. The second-order valence-corrected chi connectivity index (χ2v) is 6.40. The van der Waals surface area contributed by atoms with Crippen LogP contribution >= 0.6 is 0 Å². The molecule has 4 rings (SSSR count). The Hall–Kier alpha value is -3.21. The van der Waals surface area contributed by atoms with Gasteiger partial charge >= 0.3 is 5.97 Å². The number of rotatable bonds is 4. The zero-order chi connectivity index (χ0) is 18.1. The number of nitrogens with zero attached hydrogens (tertiary/aromatic N) is 1. The molecule has 0 spiro atoms. The third-order valence-corrected chi connectivity index (χ3v) is 4.76. The lowest BCUT2D eigenvalue weighted by Crippen LogP contribution is -2.50. The molecule has 0 saturated carbocycles. The van der Waals surface area contributed by atoms with Gasteiger partial charge in [-0.1, -0.05) is 48.5 Å². The average Bonchev–Trinajstić information content (AvgIpc) is 2.92. The molecule has 1 unspecified atom stereocenters. The molecule has 0 bridgehead atoms. The Labute approximate surface area is 150 Å². The topological polar surface area (TPSA) is 63.7 Å². The molecule has 2 aromatic rings. The first-order valence-electron chi connectivity index (χ1n) is 8.53. The van der Waals surface area contributed by atoms with Crippen LogP contribution in [-0.4, -0.2) is 34.8 Å². The Balaban J connectivity index is 1.71. The van der Waals surface area contributed by atoms with Gasteiger partial charge in [0.15, 0.2) is 0 Å². The fourth-order valence-electron chi connectivity index (χ4n) is 3.52. The predicted molar refractivity (Wildman–Crippen MR) is 94.5 cm³/mol. The third-order valence-electron chi connectivity index (χ3n) is 4.76. The van der Waals surface area contributed by atoms with Crippen LogP contribution in [0.25, 0.3) is 0 Å². The van der Waals surface area contributed by atoms with Crippen molar-refractivity contribution in [3.8, 4) is 0 Å². The molecule has 0 aromatic heterocycles. The van der Waals surface area contributed by atoms with Crippen molar-refractivity contribution in [3.63, 3.8) is 0 Å². The minimum Gasteiger partial charge on any atom is -0.457 e. The fourth-order valence-corrected chi connectivity index (χ4v) is 3.52. The number of fused-ring (bicyclic) bond motifs is 1. The monoisotopic (exact) mass is 347 g/mol. The molecule has 0 N–H and O–H groups in total. The fraction of sp³-hybridized carbons (Fsp3) is 0.190. The summed E-state index contributed by atoms with van der Waals surface area (Å²) < 4.78 is 5.46. The number of esters is 1. The first-order chi connectivity index (χ1) is 12.6. The lowest BCUT2D eigenvalue weighted by Gasteiger charge is -2.33. The highest BCUT2D eigenvalue weighted by Gasteiger charge is 2.43. The molecule has 2 amide bonds. The van der Waals surface area contributed by atoms with Crippen molar-refractivity contribution in [2.24, 2.45) is 0 Å². The van der Waals surface area contributed by atoms with Gasteiger partial charge in [-0.2, -0.15) is 0 Å². The highest BCUT2D eigenvalue weighted by Crippen LogP contribution is 2.29. The van der Waals surface area contributed by atoms with Crippen molar-refractivity contribution in [1.82, 2.24) is 4.90 Å². The molecule has 0 aliphatic carbocycles. The minimum absolute atomic E-state index is 0.336. The molecular formula is C21H17NO4. The van der Waals surface area contributed by atoms with Crippen LogP contribution in [0.3, 0.4) is 0 Å². The van der Waals surface area contributed by atoms with Crippen molar-refractivity contribution in [1.29, 1.82) is 0 Å². The molecule has 2 aromatic carbocycles. The van der Waals surface area contributed by atoms with E-state index in [2.05, 4.69) is 0 Å². The van der Waals surface area contributed by atoms with Crippen LogP contribution in [0.5, 0.6) is 0 Å². The highest BCUT2D eigenvalue weighted by atomic mass is 16.5. The molecule has 2 heterocycles. The summed E-state index contributed by atoms with van der Waals surface area (Å²) in [6, 6.07) is 15.8.